The monoisotopic (exact) mass is 736 g/mol. The fraction of sp³-hybridized carbons (Fsp3) is 0.526. The van der Waals surface area contributed by atoms with Crippen LogP contribution < -0.4 is 15.4 Å². The molecule has 1 saturated heterocycles. The minimum Gasteiger partial charge on any atom is -0.465 e. The van der Waals surface area contributed by atoms with Crippen LogP contribution in [0.1, 0.15) is 83.1 Å². The topological polar surface area (TPSA) is 162 Å². The molecule has 2 aliphatic carbocycles. The van der Waals surface area contributed by atoms with Crippen molar-refractivity contribution in [2.75, 3.05) is 12.3 Å². The highest BCUT2D eigenvalue weighted by Crippen LogP contribution is 2.50. The molecule has 2 aromatic carbocycles. The van der Waals surface area contributed by atoms with E-state index in [0.717, 1.165) is 48.1 Å². The number of carbonyl (C=O) groups is 4. The lowest BCUT2D eigenvalue weighted by molar-refractivity contribution is -0.141. The summed E-state index contributed by atoms with van der Waals surface area (Å²) in [5, 5.41) is 14.5. The van der Waals surface area contributed by atoms with E-state index in [2.05, 4.69) is 22.3 Å². The molecule has 2 aliphatic heterocycles. The molecule has 11 nitrogen and oxygen atoms in total. The quantitative estimate of drug-likeness (QED) is 0.188. The van der Waals surface area contributed by atoms with E-state index in [9.17, 15) is 32.7 Å². The van der Waals surface area contributed by atoms with Gasteiger partial charge in [0, 0.05) is 12.5 Å². The molecule has 274 valence electrons. The van der Waals surface area contributed by atoms with Gasteiger partial charge in [-0.05, 0) is 73.8 Å². The predicted octanol–water partition coefficient (Wildman–Crippen LogP) is 5.32. The normalized spacial score (nSPS) is 28.4. The zero-order valence-electron chi connectivity index (χ0n) is 29.0. The Morgan fingerprint density at radius 2 is 1.71 bits per heavy atom. The molecule has 4 N–H and O–H groups in total. The van der Waals surface area contributed by atoms with Crippen LogP contribution in [0.15, 0.2) is 66.7 Å². The molecule has 0 unspecified atom stereocenters. The summed E-state index contributed by atoms with van der Waals surface area (Å²) in [6.45, 7) is 2.27. The first-order valence-corrected chi connectivity index (χ1v) is 20.7. The van der Waals surface area contributed by atoms with Gasteiger partial charge in [0.15, 0.2) is 0 Å². The van der Waals surface area contributed by atoms with Crippen molar-refractivity contribution in [3.05, 3.63) is 72.3 Å². The maximum absolute atomic E-state index is 14.6. The zero-order chi connectivity index (χ0) is 36.2. The third-order valence-corrected chi connectivity index (χ3v) is 14.0. The van der Waals surface area contributed by atoms with Crippen LogP contribution in [0.25, 0.3) is 11.1 Å². The summed E-state index contributed by atoms with van der Waals surface area (Å²) < 4.78 is 27.2. The maximum atomic E-state index is 14.6. The lowest BCUT2D eigenvalue weighted by Gasteiger charge is -2.31. The Kier molecular flexibility index (Phi) is 11.2. The molecule has 3 fully saturated rings. The molecule has 13 heteroatoms. The minimum atomic E-state index is -3.87. The second-order valence-electron chi connectivity index (χ2n) is 14.3. The smallest absolute Gasteiger partial charge is 0.405 e. The fourth-order valence-corrected chi connectivity index (χ4v) is 10.4. The van der Waals surface area contributed by atoms with E-state index in [0.29, 0.717) is 25.7 Å². The van der Waals surface area contributed by atoms with Crippen molar-refractivity contribution in [1.82, 2.24) is 20.3 Å². The van der Waals surface area contributed by atoms with Crippen molar-refractivity contribution in [3.63, 3.8) is 0 Å². The van der Waals surface area contributed by atoms with Crippen LogP contribution in [0.3, 0.4) is 0 Å². The molecular weight excluding hydrogens is 689 g/mol. The zero-order valence-corrected chi connectivity index (χ0v) is 30.6. The molecule has 0 spiro atoms. The first-order chi connectivity index (χ1) is 24.5. The van der Waals surface area contributed by atoms with Gasteiger partial charge in [0.05, 0.1) is 10.00 Å². The molecule has 0 bridgehead atoms. The second kappa shape index (κ2) is 15.4. The van der Waals surface area contributed by atoms with Gasteiger partial charge in [0.1, 0.15) is 17.6 Å². The van der Waals surface area contributed by atoms with Gasteiger partial charge in [-0.25, -0.2) is 13.2 Å². The first kappa shape index (κ1) is 36.9. The predicted molar refractivity (Wildman–Crippen MR) is 197 cm³/mol. The number of fused-ring (bicyclic) bond motifs is 2. The number of carboxylic acid groups (broad SMARTS) is 1. The number of nitrogens with one attached hydrogen (secondary N) is 3. The first-order valence-electron chi connectivity index (χ1n) is 18.1. The van der Waals surface area contributed by atoms with Crippen LogP contribution in [0, 0.1) is 5.92 Å². The third kappa shape index (κ3) is 8.30. The molecular formula is C38H48N4O7S2. The number of thioether (sulfide) groups is 1. The van der Waals surface area contributed by atoms with Crippen LogP contribution in [-0.4, -0.2) is 77.4 Å². The lowest BCUT2D eigenvalue weighted by atomic mass is 9.93. The van der Waals surface area contributed by atoms with Gasteiger partial charge < -0.3 is 20.6 Å². The standard InChI is InChI=1S/C38H48N4O7S2/c1-2-3-22-50-37(28-18-16-27(17-19-28)26-12-8-7-9-13-26)24-32-33(43)40-38(35(45)41-51(48,49)30-20-21-30)23-29(38)14-10-5-4-6-11-15-31(39-36(46)47)34(44)42(32)25-37/h7-10,12-14,16-19,29-32,39H,2-6,11,15,20-25H2,1H3,(H,40,43)(H,41,45)(H,46,47)/t29-,31+,32+,37+,38-/m1/s1. The van der Waals surface area contributed by atoms with Gasteiger partial charge in [-0.3, -0.25) is 19.1 Å². The van der Waals surface area contributed by atoms with E-state index in [1.807, 2.05) is 66.7 Å². The second-order valence-corrected chi connectivity index (χ2v) is 17.8. The van der Waals surface area contributed by atoms with Crippen molar-refractivity contribution < 1.29 is 32.7 Å². The van der Waals surface area contributed by atoms with Crippen molar-refractivity contribution in [2.45, 2.75) is 105 Å². The van der Waals surface area contributed by atoms with Gasteiger partial charge in [0.25, 0.3) is 5.91 Å². The van der Waals surface area contributed by atoms with E-state index >= 15 is 0 Å². The molecule has 0 aromatic heterocycles. The van der Waals surface area contributed by atoms with Crippen molar-refractivity contribution >= 4 is 45.6 Å². The van der Waals surface area contributed by atoms with Crippen LogP contribution in [0.5, 0.6) is 0 Å². The third-order valence-electron chi connectivity index (χ3n) is 10.6. The number of sulfonamides is 1. The Bertz CT molecular complexity index is 1750. The van der Waals surface area contributed by atoms with Gasteiger partial charge >= 0.3 is 6.09 Å². The van der Waals surface area contributed by atoms with Crippen molar-refractivity contribution in [2.24, 2.45) is 5.92 Å². The number of nitrogens with zero attached hydrogens (tertiary/aromatic N) is 1. The Labute approximate surface area is 304 Å². The molecule has 4 amide bonds. The number of benzene rings is 2. The number of carbonyl (C=O) groups excluding carboxylic acids is 3. The molecule has 4 aliphatic rings. The molecule has 6 rings (SSSR count). The molecule has 2 heterocycles. The van der Waals surface area contributed by atoms with E-state index in [1.54, 1.807) is 11.8 Å². The van der Waals surface area contributed by atoms with Crippen LogP contribution in [-0.2, 0) is 29.2 Å². The molecule has 2 saturated carbocycles. The van der Waals surface area contributed by atoms with Gasteiger partial charge in [0.2, 0.25) is 21.8 Å². The van der Waals surface area contributed by atoms with E-state index in [-0.39, 0.29) is 25.8 Å². The molecule has 2 aromatic rings. The summed E-state index contributed by atoms with van der Waals surface area (Å²) in [6.07, 6.45) is 9.01. The van der Waals surface area contributed by atoms with E-state index in [1.165, 1.54) is 4.90 Å². The number of amides is 4. The highest BCUT2D eigenvalue weighted by Gasteiger charge is 2.62. The highest BCUT2D eigenvalue weighted by atomic mass is 32.2. The average molecular weight is 737 g/mol. The molecule has 0 radical (unpaired) electrons. The number of allylic oxidation sites excluding steroid dienone is 1. The number of rotatable bonds is 10. The van der Waals surface area contributed by atoms with E-state index in [4.69, 9.17) is 0 Å². The highest BCUT2D eigenvalue weighted by molar-refractivity contribution is 8.00. The van der Waals surface area contributed by atoms with Crippen LogP contribution in [0.2, 0.25) is 0 Å². The lowest BCUT2D eigenvalue weighted by Crippen LogP contribution is -2.58. The number of hydrogen-bond acceptors (Lipinski definition) is 7. The maximum Gasteiger partial charge on any atom is 0.405 e. The van der Waals surface area contributed by atoms with Crippen LogP contribution in [0.4, 0.5) is 4.79 Å². The van der Waals surface area contributed by atoms with Crippen molar-refractivity contribution in [3.8, 4) is 11.1 Å². The Hall–Kier alpha value is -3.84. The van der Waals surface area contributed by atoms with E-state index < -0.39 is 67.4 Å². The number of unbranched alkanes of at least 4 members (excludes halogenated alkanes) is 1. The van der Waals surface area contributed by atoms with Crippen LogP contribution >= 0.6 is 11.8 Å². The Balaban J connectivity index is 1.37. The SMILES string of the molecule is CCCCS[C@@]1(c2ccc(-c3ccccc3)cc2)C[C@H]2C(=O)N[C@]3(C(=O)NS(=O)(=O)C4CC4)C[C@H]3C=CCCCCC[C@H](NC(=O)O)C(=O)N2C1. The van der Waals surface area contributed by atoms with Gasteiger partial charge in [-0.1, -0.05) is 92.9 Å². The molecule has 51 heavy (non-hydrogen) atoms. The average Bonchev–Trinajstić information content (AvgIpc) is 4.04. The Morgan fingerprint density at radius 1 is 0.980 bits per heavy atom. The van der Waals surface area contributed by atoms with Gasteiger partial charge in [-0.15, -0.1) is 11.8 Å². The molecule has 5 atom stereocenters. The summed E-state index contributed by atoms with van der Waals surface area (Å²) in [5.74, 6) is -1.42. The summed E-state index contributed by atoms with van der Waals surface area (Å²) in [5.41, 5.74) is 1.57. The Morgan fingerprint density at radius 3 is 2.39 bits per heavy atom. The minimum absolute atomic E-state index is 0.166. The van der Waals surface area contributed by atoms with Gasteiger partial charge in [-0.2, -0.15) is 0 Å². The summed E-state index contributed by atoms with van der Waals surface area (Å²) in [7, 11) is -3.87. The fourth-order valence-electron chi connectivity index (χ4n) is 7.37. The number of hydrogen-bond donors (Lipinski definition) is 4. The largest absolute Gasteiger partial charge is 0.465 e. The summed E-state index contributed by atoms with van der Waals surface area (Å²) >= 11 is 1.69. The van der Waals surface area contributed by atoms with Crippen molar-refractivity contribution in [1.29, 1.82) is 0 Å². The summed E-state index contributed by atoms with van der Waals surface area (Å²) in [6, 6.07) is 16.1. The summed E-state index contributed by atoms with van der Waals surface area (Å²) in [4.78, 5) is 56.2.